The molecule has 3 nitrogen and oxygen atoms in total. The maximum Gasteiger partial charge on any atom is 0.160 e. The molecule has 0 amide bonds. The van der Waals surface area contributed by atoms with E-state index >= 15 is 0 Å². The van der Waals surface area contributed by atoms with Crippen LogP contribution in [0.4, 0.5) is 5.69 Å². The van der Waals surface area contributed by atoms with Crippen LogP contribution in [0.3, 0.4) is 0 Å². The van der Waals surface area contributed by atoms with Crippen LogP contribution in [-0.4, -0.2) is 16.6 Å². The summed E-state index contributed by atoms with van der Waals surface area (Å²) in [5.41, 5.74) is 4.93. The lowest BCUT2D eigenvalue weighted by Crippen LogP contribution is -2.12. The van der Waals surface area contributed by atoms with Crippen LogP contribution in [0.1, 0.15) is 16.9 Å². The highest BCUT2D eigenvalue weighted by atomic mass is 35.5. The van der Waals surface area contributed by atoms with E-state index < -0.39 is 0 Å². The molecule has 2 N–H and O–H groups in total. The zero-order valence-corrected chi connectivity index (χ0v) is 13.4. The van der Waals surface area contributed by atoms with Crippen molar-refractivity contribution in [2.75, 3.05) is 11.9 Å². The smallest absolute Gasteiger partial charge is 0.160 e. The third-order valence-electron chi connectivity index (χ3n) is 3.94. The molecule has 0 bridgehead atoms. The van der Waals surface area contributed by atoms with Crippen molar-refractivity contribution in [2.45, 2.75) is 19.4 Å². The van der Waals surface area contributed by atoms with Crippen molar-refractivity contribution < 1.29 is 6.52 Å². The summed E-state index contributed by atoms with van der Waals surface area (Å²) in [7, 11) is 0. The molecular weight excluding hydrogens is 316 g/mol. The fourth-order valence-electron chi connectivity index (χ4n) is 2.98. The number of aliphatic hydroxyl groups is 1. The Kier molecular flexibility index (Phi) is 3.24. The predicted octanol–water partition coefficient (Wildman–Crippen LogP) is 4.47. The lowest BCUT2D eigenvalue weighted by molar-refractivity contribution is 0.285. The Labute approximate surface area is 139 Å². The summed E-state index contributed by atoms with van der Waals surface area (Å²) in [6.45, 7) is 0.737. The number of halogens is 1. The quantitative estimate of drug-likeness (QED) is 0.728. The van der Waals surface area contributed by atoms with Crippen molar-refractivity contribution in [2.24, 2.45) is 0 Å². The predicted molar refractivity (Wildman–Crippen MR) is 92.8 cm³/mol. The maximum absolute atomic E-state index is 9.40. The Hall–Kier alpha value is -1.62. The third-order valence-corrected chi connectivity index (χ3v) is 5.30. The number of fused-ring (bicyclic) bond motifs is 2. The topological polar surface area (TPSA) is 45.2 Å². The molecule has 0 radical (unpaired) electrons. The molecule has 5 heteroatoms. The standard InChI is InChI=1S/C17H15ClN2OS/c18-11-6-10-2-1-4-20-16(10)14(7-11)13-3-5-19-15-8-12(9-21)22-17(13)15/h3,5-8,20-21H,1-2,4,9H2/i/hD. The zero-order valence-electron chi connectivity index (χ0n) is 12.8. The molecule has 0 unspecified atom stereocenters. The summed E-state index contributed by atoms with van der Waals surface area (Å²) < 4.78 is 9.33. The molecule has 4 rings (SSSR count). The number of nitrogens with one attached hydrogen (secondary N) is 1. The number of aromatic nitrogens is 1. The van der Waals surface area contributed by atoms with E-state index in [1.165, 1.54) is 0 Å². The molecule has 1 aliphatic rings. The molecule has 22 heavy (non-hydrogen) atoms. The first-order chi connectivity index (χ1) is 11.2. The number of nitrogens with zero attached hydrogens (tertiary/aromatic N) is 1. The maximum atomic E-state index is 9.40. The minimum atomic E-state index is 0.0126. The molecule has 2 aromatic heterocycles. The summed E-state index contributed by atoms with van der Waals surface area (Å²) in [4.78, 5) is 5.28. The zero-order chi connectivity index (χ0) is 16.0. The first-order valence-corrected chi connectivity index (χ1v) is 8.44. The largest absolute Gasteiger partial charge is 0.391 e. The molecule has 0 fully saturated rings. The lowest BCUT2D eigenvalue weighted by atomic mass is 9.95. The van der Waals surface area contributed by atoms with E-state index in [9.17, 15) is 5.11 Å². The van der Waals surface area contributed by atoms with Crippen LogP contribution >= 0.6 is 22.9 Å². The Bertz CT molecular complexity index is 896. The van der Waals surface area contributed by atoms with Gasteiger partial charge in [0.2, 0.25) is 0 Å². The number of anilines is 1. The summed E-state index contributed by atoms with van der Waals surface area (Å²) in [6, 6.07) is 7.78. The highest BCUT2D eigenvalue weighted by molar-refractivity contribution is 7.19. The third kappa shape index (κ3) is 2.28. The molecule has 3 heterocycles. The minimum Gasteiger partial charge on any atom is -0.391 e. The minimum absolute atomic E-state index is 0.0126. The molecule has 0 saturated carbocycles. The second kappa shape index (κ2) is 5.54. The van der Waals surface area contributed by atoms with Gasteiger partial charge in [0.1, 0.15) is 0 Å². The summed E-state index contributed by atoms with van der Waals surface area (Å²) >= 11 is 7.87. The Balaban J connectivity index is 2.01. The molecular formula is C17H15ClN2OS. The van der Waals surface area contributed by atoms with Crippen molar-refractivity contribution in [1.82, 2.24) is 4.98 Å². The lowest BCUT2D eigenvalue weighted by Gasteiger charge is -2.22. The SMILES string of the molecule is [2H]N1CCCc2cc(Cl)cc(-c3ccnc4cc(CO)sc34)c21. The molecule has 1 aromatic carbocycles. The van der Waals surface area contributed by atoms with Gasteiger partial charge >= 0.3 is 0 Å². The van der Waals surface area contributed by atoms with E-state index in [1.54, 1.807) is 22.8 Å². The van der Waals surface area contributed by atoms with Gasteiger partial charge in [-0.05, 0) is 42.7 Å². The number of hydrogen-bond acceptors (Lipinski definition) is 4. The van der Waals surface area contributed by atoms with Gasteiger partial charge in [0.05, 0.1) is 16.8 Å². The fourth-order valence-corrected chi connectivity index (χ4v) is 4.22. The van der Waals surface area contributed by atoms with Gasteiger partial charge in [0.25, 0.3) is 0 Å². The normalized spacial score (nSPS) is 15.0. The number of aliphatic hydroxyl groups excluding tert-OH is 1. The number of thiophene rings is 1. The molecule has 0 spiro atoms. The second-order valence-corrected chi connectivity index (χ2v) is 6.96. The number of aryl methyl sites for hydroxylation is 1. The fraction of sp³-hybridized carbons (Fsp3) is 0.235. The van der Waals surface area contributed by atoms with E-state index in [4.69, 9.17) is 13.0 Å². The van der Waals surface area contributed by atoms with Gasteiger partial charge in [-0.25, -0.2) is 0 Å². The monoisotopic (exact) mass is 331 g/mol. The van der Waals surface area contributed by atoms with Crippen LogP contribution in [0.2, 0.25) is 6.43 Å². The van der Waals surface area contributed by atoms with Gasteiger partial charge in [-0.2, -0.15) is 0 Å². The molecule has 112 valence electrons. The Morgan fingerprint density at radius 2 is 2.27 bits per heavy atom. The van der Waals surface area contributed by atoms with Gasteiger partial charge in [-0.3, -0.25) is 4.98 Å². The van der Waals surface area contributed by atoms with Crippen LogP contribution in [0.15, 0.2) is 30.5 Å². The molecule has 3 aromatic rings. The van der Waals surface area contributed by atoms with Gasteiger partial charge < -0.3 is 10.4 Å². The average molecular weight is 332 g/mol. The van der Waals surface area contributed by atoms with Crippen LogP contribution in [-0.2, 0) is 13.0 Å². The van der Waals surface area contributed by atoms with Crippen molar-refractivity contribution >= 4 is 38.8 Å². The molecule has 0 saturated heterocycles. The highest BCUT2D eigenvalue weighted by Gasteiger charge is 2.18. The van der Waals surface area contributed by atoms with E-state index in [0.29, 0.717) is 5.02 Å². The van der Waals surface area contributed by atoms with Crippen molar-refractivity contribution in [3.63, 3.8) is 0 Å². The number of benzene rings is 1. The highest BCUT2D eigenvalue weighted by Crippen LogP contribution is 2.41. The summed E-state index contributed by atoms with van der Waals surface area (Å²) in [6.07, 6.45) is 3.69. The van der Waals surface area contributed by atoms with E-state index in [2.05, 4.69) is 4.98 Å². The number of rotatable bonds is 2. The van der Waals surface area contributed by atoms with Crippen molar-refractivity contribution in [3.8, 4) is 11.1 Å². The van der Waals surface area contributed by atoms with Crippen LogP contribution in [0.25, 0.3) is 21.3 Å². The average Bonchev–Trinajstić information content (AvgIpc) is 2.97. The summed E-state index contributed by atoms with van der Waals surface area (Å²) in [5.74, 6) is 0. The summed E-state index contributed by atoms with van der Waals surface area (Å²) in [5, 5.41) is 11.7. The van der Waals surface area contributed by atoms with Crippen LogP contribution in [0, 0.1) is 0 Å². The van der Waals surface area contributed by atoms with E-state index in [0.717, 1.165) is 56.9 Å². The van der Waals surface area contributed by atoms with Gasteiger partial charge in [0, 0.05) is 39.5 Å². The Morgan fingerprint density at radius 3 is 3.14 bits per heavy atom. The molecule has 1 aliphatic heterocycles. The van der Waals surface area contributed by atoms with Crippen LogP contribution in [0.5, 0.6) is 0 Å². The van der Waals surface area contributed by atoms with Gasteiger partial charge in [-0.1, -0.05) is 11.6 Å². The van der Waals surface area contributed by atoms with E-state index in [1.807, 2.05) is 24.3 Å². The van der Waals surface area contributed by atoms with Crippen molar-refractivity contribution in [1.29, 1.82) is 0 Å². The molecule has 0 aliphatic carbocycles. The van der Waals surface area contributed by atoms with Gasteiger partial charge in [-0.15, -0.1) is 11.3 Å². The van der Waals surface area contributed by atoms with Crippen LogP contribution < -0.4 is 5.31 Å². The van der Waals surface area contributed by atoms with Gasteiger partial charge in [0.15, 0.2) is 1.41 Å². The van der Waals surface area contributed by atoms with E-state index in [-0.39, 0.29) is 6.61 Å². The molecule has 0 atom stereocenters. The number of hydrogen-bond donors (Lipinski definition) is 2. The number of pyridine rings is 1. The Morgan fingerprint density at radius 1 is 1.36 bits per heavy atom. The van der Waals surface area contributed by atoms with Crippen molar-refractivity contribution in [3.05, 3.63) is 45.9 Å². The first kappa shape index (κ1) is 12.9. The second-order valence-electron chi connectivity index (χ2n) is 5.39. The first-order valence-electron chi connectivity index (χ1n) is 7.69.